The van der Waals surface area contributed by atoms with E-state index in [-0.39, 0.29) is 6.03 Å². The Morgan fingerprint density at radius 3 is 2.69 bits per heavy atom. The van der Waals surface area contributed by atoms with E-state index in [0.717, 1.165) is 0 Å². The summed E-state index contributed by atoms with van der Waals surface area (Å²) in [7, 11) is 3.23. The maximum atomic E-state index is 11.7. The quantitative estimate of drug-likeness (QED) is 0.760. The van der Waals surface area contributed by atoms with Gasteiger partial charge >= 0.3 is 12.0 Å². The first-order valence-corrected chi connectivity index (χ1v) is 4.70. The molecule has 0 aromatic carbocycles. The fraction of sp³-hybridized carbons (Fsp3) is 0.400. The number of urea groups is 1. The van der Waals surface area contributed by atoms with Crippen LogP contribution in [0.1, 0.15) is 0 Å². The maximum absolute atomic E-state index is 11.7. The van der Waals surface area contributed by atoms with Gasteiger partial charge in [0.2, 0.25) is 0 Å². The first-order chi connectivity index (χ1) is 7.52. The van der Waals surface area contributed by atoms with E-state index >= 15 is 0 Å². The van der Waals surface area contributed by atoms with E-state index in [2.05, 4.69) is 0 Å². The number of carboxylic acid groups (broad SMARTS) is 1. The zero-order chi connectivity index (χ0) is 12.1. The zero-order valence-electron chi connectivity index (χ0n) is 9.16. The first-order valence-electron chi connectivity index (χ1n) is 4.70. The minimum Gasteiger partial charge on any atom is -0.480 e. The maximum Gasteiger partial charge on any atom is 0.329 e. The summed E-state index contributed by atoms with van der Waals surface area (Å²) in [5.74, 6) is -1.07. The molecule has 0 aromatic heterocycles. The van der Waals surface area contributed by atoms with Gasteiger partial charge in [0.15, 0.2) is 6.23 Å². The van der Waals surface area contributed by atoms with Crippen LogP contribution >= 0.6 is 0 Å². The molecule has 0 saturated heterocycles. The second-order valence-corrected chi connectivity index (χ2v) is 3.41. The molecule has 2 amide bonds. The number of ether oxygens (including phenoxy) is 1. The van der Waals surface area contributed by atoms with Crippen molar-refractivity contribution in [2.75, 3.05) is 20.7 Å². The lowest BCUT2D eigenvalue weighted by Gasteiger charge is -2.30. The van der Waals surface area contributed by atoms with E-state index in [4.69, 9.17) is 9.84 Å². The molecule has 1 heterocycles. The smallest absolute Gasteiger partial charge is 0.329 e. The van der Waals surface area contributed by atoms with Crippen LogP contribution in [0.4, 0.5) is 4.79 Å². The molecular formula is C10H14N2O4. The molecule has 0 spiro atoms. The lowest BCUT2D eigenvalue weighted by Crippen LogP contribution is -2.44. The highest BCUT2D eigenvalue weighted by Gasteiger charge is 2.23. The number of carbonyl (C=O) groups is 2. The van der Waals surface area contributed by atoms with E-state index in [0.29, 0.717) is 0 Å². The van der Waals surface area contributed by atoms with Crippen molar-refractivity contribution < 1.29 is 19.4 Å². The van der Waals surface area contributed by atoms with Crippen LogP contribution < -0.4 is 0 Å². The summed E-state index contributed by atoms with van der Waals surface area (Å²) in [6, 6.07) is -0.268. The SMILES string of the molecule is CN(C)C(=O)N1C=CC=CC1OCC(=O)O. The summed E-state index contributed by atoms with van der Waals surface area (Å²) in [4.78, 5) is 24.8. The van der Waals surface area contributed by atoms with Gasteiger partial charge in [0.05, 0.1) is 0 Å². The number of rotatable bonds is 3. The minimum absolute atomic E-state index is 0.268. The third-order valence-corrected chi connectivity index (χ3v) is 1.89. The molecule has 1 aliphatic heterocycles. The molecule has 0 aliphatic carbocycles. The lowest BCUT2D eigenvalue weighted by molar-refractivity contribution is -0.145. The molecule has 6 nitrogen and oxygen atoms in total. The number of nitrogens with zero attached hydrogens (tertiary/aromatic N) is 2. The molecule has 1 unspecified atom stereocenters. The first kappa shape index (κ1) is 12.3. The standard InChI is InChI=1S/C10H14N2O4/c1-11(2)10(15)12-6-4-3-5-8(12)16-7-9(13)14/h3-6,8H,7H2,1-2H3,(H,13,14). The van der Waals surface area contributed by atoms with E-state index in [9.17, 15) is 9.59 Å². The molecule has 16 heavy (non-hydrogen) atoms. The Balaban J connectivity index is 2.66. The van der Waals surface area contributed by atoms with Gasteiger partial charge in [-0.05, 0) is 12.2 Å². The van der Waals surface area contributed by atoms with Crippen molar-refractivity contribution in [3.05, 3.63) is 24.4 Å². The Bertz CT molecular complexity index is 336. The van der Waals surface area contributed by atoms with Gasteiger partial charge in [0.25, 0.3) is 0 Å². The zero-order valence-corrected chi connectivity index (χ0v) is 9.16. The van der Waals surface area contributed by atoms with Crippen LogP contribution in [0, 0.1) is 0 Å². The van der Waals surface area contributed by atoms with E-state index in [1.165, 1.54) is 9.80 Å². The monoisotopic (exact) mass is 226 g/mol. The van der Waals surface area contributed by atoms with Gasteiger partial charge in [-0.15, -0.1) is 0 Å². The van der Waals surface area contributed by atoms with Crippen molar-refractivity contribution in [2.24, 2.45) is 0 Å². The van der Waals surface area contributed by atoms with Crippen LogP contribution in [0.5, 0.6) is 0 Å². The topological polar surface area (TPSA) is 70.1 Å². The summed E-state index contributed by atoms with van der Waals surface area (Å²) >= 11 is 0. The number of hydrogen-bond donors (Lipinski definition) is 1. The van der Waals surface area contributed by atoms with Gasteiger partial charge in [0.1, 0.15) is 6.61 Å². The molecule has 0 fully saturated rings. The van der Waals surface area contributed by atoms with Gasteiger partial charge < -0.3 is 14.7 Å². The van der Waals surface area contributed by atoms with Crippen molar-refractivity contribution >= 4 is 12.0 Å². The van der Waals surface area contributed by atoms with Crippen molar-refractivity contribution in [1.82, 2.24) is 9.80 Å². The Morgan fingerprint density at radius 1 is 1.44 bits per heavy atom. The summed E-state index contributed by atoms with van der Waals surface area (Å²) in [5.41, 5.74) is 0. The molecular weight excluding hydrogens is 212 g/mol. The minimum atomic E-state index is -1.07. The molecule has 1 N–H and O–H groups in total. The largest absolute Gasteiger partial charge is 0.480 e. The van der Waals surface area contributed by atoms with E-state index in [1.54, 1.807) is 38.5 Å². The third kappa shape index (κ3) is 3.09. The van der Waals surface area contributed by atoms with Gasteiger partial charge in [-0.3, -0.25) is 4.90 Å². The number of carbonyl (C=O) groups excluding carboxylic acids is 1. The van der Waals surface area contributed by atoms with Crippen molar-refractivity contribution in [3.8, 4) is 0 Å². The third-order valence-electron chi connectivity index (χ3n) is 1.89. The molecule has 1 rings (SSSR count). The van der Waals surface area contributed by atoms with Crippen LogP contribution in [0.3, 0.4) is 0 Å². The molecule has 1 atom stereocenters. The van der Waals surface area contributed by atoms with E-state index < -0.39 is 18.8 Å². The van der Waals surface area contributed by atoms with Gasteiger partial charge in [-0.2, -0.15) is 0 Å². The molecule has 0 bridgehead atoms. The average Bonchev–Trinajstić information content (AvgIpc) is 2.25. The number of carboxylic acids is 1. The number of allylic oxidation sites excluding steroid dienone is 2. The van der Waals surface area contributed by atoms with Crippen LogP contribution in [-0.4, -0.2) is 53.8 Å². The fourth-order valence-electron chi connectivity index (χ4n) is 1.18. The van der Waals surface area contributed by atoms with Crippen LogP contribution in [-0.2, 0) is 9.53 Å². The molecule has 6 heteroatoms. The average molecular weight is 226 g/mol. The van der Waals surface area contributed by atoms with Crippen molar-refractivity contribution in [1.29, 1.82) is 0 Å². The fourth-order valence-corrected chi connectivity index (χ4v) is 1.18. The van der Waals surface area contributed by atoms with Crippen LogP contribution in [0.25, 0.3) is 0 Å². The van der Waals surface area contributed by atoms with Crippen LogP contribution in [0.15, 0.2) is 24.4 Å². The summed E-state index contributed by atoms with van der Waals surface area (Å²) in [6.07, 6.45) is 5.88. The Labute approximate surface area is 93.4 Å². The van der Waals surface area contributed by atoms with Gasteiger partial charge in [-0.25, -0.2) is 9.59 Å². The lowest BCUT2D eigenvalue weighted by atomic mass is 10.3. The van der Waals surface area contributed by atoms with E-state index in [1.807, 2.05) is 0 Å². The summed E-state index contributed by atoms with van der Waals surface area (Å²) in [6.45, 7) is -0.444. The summed E-state index contributed by atoms with van der Waals surface area (Å²) < 4.78 is 5.07. The molecule has 0 radical (unpaired) electrons. The van der Waals surface area contributed by atoms with Crippen LogP contribution in [0.2, 0.25) is 0 Å². The highest BCUT2D eigenvalue weighted by Crippen LogP contribution is 2.11. The number of aliphatic carboxylic acids is 1. The van der Waals surface area contributed by atoms with Crippen molar-refractivity contribution in [3.63, 3.8) is 0 Å². The second-order valence-electron chi connectivity index (χ2n) is 3.41. The molecule has 88 valence electrons. The van der Waals surface area contributed by atoms with Gasteiger partial charge in [-0.1, -0.05) is 6.08 Å². The van der Waals surface area contributed by atoms with Crippen molar-refractivity contribution in [2.45, 2.75) is 6.23 Å². The Morgan fingerprint density at radius 2 is 2.12 bits per heavy atom. The molecule has 0 saturated carbocycles. The number of hydrogen-bond acceptors (Lipinski definition) is 3. The van der Waals surface area contributed by atoms with Gasteiger partial charge in [0, 0.05) is 20.3 Å². The highest BCUT2D eigenvalue weighted by atomic mass is 16.5. The predicted molar refractivity (Wildman–Crippen MR) is 56.6 cm³/mol. The molecule has 0 aromatic rings. The summed E-state index contributed by atoms with van der Waals surface area (Å²) in [5, 5.41) is 8.50. The highest BCUT2D eigenvalue weighted by molar-refractivity contribution is 5.75. The number of amides is 2. The predicted octanol–water partition coefficient (Wildman–Crippen LogP) is 0.481. The second kappa shape index (κ2) is 5.32. The molecule has 1 aliphatic rings. The Hall–Kier alpha value is -1.82. The normalized spacial score (nSPS) is 18.6. The Kier molecular flexibility index (Phi) is 4.07.